The zero-order valence-electron chi connectivity index (χ0n) is 19.9. The lowest BCUT2D eigenvalue weighted by molar-refractivity contribution is -0.129. The van der Waals surface area contributed by atoms with Crippen LogP contribution in [0.2, 0.25) is 0 Å². The first-order valence-corrected chi connectivity index (χ1v) is 11.6. The summed E-state index contributed by atoms with van der Waals surface area (Å²) in [4.78, 5) is 41.4. The lowest BCUT2D eigenvalue weighted by Crippen LogP contribution is -2.45. The summed E-state index contributed by atoms with van der Waals surface area (Å²) in [5.41, 5.74) is 2.08. The van der Waals surface area contributed by atoms with Crippen molar-refractivity contribution in [1.29, 1.82) is 0 Å². The number of hydrogen-bond donors (Lipinski definition) is 1. The molecule has 6 nitrogen and oxygen atoms in total. The van der Waals surface area contributed by atoms with Crippen LogP contribution in [-0.4, -0.2) is 33.7 Å². The number of urea groups is 1. The van der Waals surface area contributed by atoms with Crippen LogP contribution >= 0.6 is 0 Å². The number of carbonyl (C=O) groups is 3. The van der Waals surface area contributed by atoms with E-state index in [0.717, 1.165) is 10.6 Å². The third kappa shape index (κ3) is 3.69. The van der Waals surface area contributed by atoms with Crippen molar-refractivity contribution in [3.8, 4) is 5.69 Å². The second kappa shape index (κ2) is 8.92. The van der Waals surface area contributed by atoms with E-state index in [2.05, 4.69) is 5.32 Å². The Morgan fingerprint density at radius 1 is 0.861 bits per heavy atom. The van der Waals surface area contributed by atoms with Crippen LogP contribution in [0.1, 0.15) is 32.9 Å². The van der Waals surface area contributed by atoms with Gasteiger partial charge in [0.25, 0.3) is 5.91 Å². The molecule has 1 N–H and O–H groups in total. The van der Waals surface area contributed by atoms with Crippen LogP contribution in [0, 0.1) is 19.7 Å². The summed E-state index contributed by atoms with van der Waals surface area (Å²) in [6.45, 7) is 3.16. The van der Waals surface area contributed by atoms with E-state index in [-0.39, 0.29) is 11.6 Å². The van der Waals surface area contributed by atoms with E-state index in [1.807, 2.05) is 19.1 Å². The highest BCUT2D eigenvalue weighted by molar-refractivity contribution is 6.13. The molecule has 0 spiro atoms. The Morgan fingerprint density at radius 2 is 1.47 bits per heavy atom. The number of carbonyl (C=O) groups excluding carboxylic acids is 3. The van der Waals surface area contributed by atoms with Crippen molar-refractivity contribution in [3.05, 3.63) is 125 Å². The van der Waals surface area contributed by atoms with E-state index >= 15 is 0 Å². The van der Waals surface area contributed by atoms with E-state index in [1.54, 1.807) is 78.2 Å². The number of Topliss-reactive ketones (excluding diaryl/α,β-unsaturated/α-hetero) is 1. The molecule has 36 heavy (non-hydrogen) atoms. The normalized spacial score (nSPS) is 14.7. The highest BCUT2D eigenvalue weighted by atomic mass is 19.1. The minimum Gasteiger partial charge on any atom is -0.318 e. The summed E-state index contributed by atoms with van der Waals surface area (Å²) in [5.74, 6) is -1.28. The second-order valence-corrected chi connectivity index (χ2v) is 8.83. The number of imide groups is 1. The maximum atomic E-state index is 13.9. The molecular formula is C29H24FN3O3. The molecular weight excluding hydrogens is 457 g/mol. The van der Waals surface area contributed by atoms with Gasteiger partial charge in [0.1, 0.15) is 5.82 Å². The smallest absolute Gasteiger partial charge is 0.318 e. The Labute approximate surface area is 208 Å². The molecule has 1 aromatic heterocycles. The molecule has 0 aliphatic carbocycles. The Morgan fingerprint density at radius 3 is 2.06 bits per heavy atom. The number of hydrogen-bond acceptors (Lipinski definition) is 3. The van der Waals surface area contributed by atoms with Gasteiger partial charge in [-0.25, -0.2) is 9.18 Å². The highest BCUT2D eigenvalue weighted by Gasteiger charge is 2.54. The number of aromatic nitrogens is 1. The Bertz CT molecular complexity index is 1440. The zero-order valence-corrected chi connectivity index (χ0v) is 19.9. The Balaban J connectivity index is 1.50. The second-order valence-electron chi connectivity index (χ2n) is 8.83. The van der Waals surface area contributed by atoms with Crippen molar-refractivity contribution in [3.63, 3.8) is 0 Å². The highest BCUT2D eigenvalue weighted by Crippen LogP contribution is 2.36. The van der Waals surface area contributed by atoms with Crippen molar-refractivity contribution in [2.75, 3.05) is 6.54 Å². The molecule has 1 fully saturated rings. The minimum atomic E-state index is -1.43. The van der Waals surface area contributed by atoms with Crippen molar-refractivity contribution in [2.45, 2.75) is 19.4 Å². The molecule has 5 rings (SSSR count). The molecule has 4 aromatic rings. The number of aryl methyl sites for hydroxylation is 1. The average Bonchev–Trinajstić information content (AvgIpc) is 3.32. The summed E-state index contributed by atoms with van der Waals surface area (Å²) in [7, 11) is 0. The predicted molar refractivity (Wildman–Crippen MR) is 133 cm³/mol. The fraction of sp³-hybridized carbons (Fsp3) is 0.138. The third-order valence-corrected chi connectivity index (χ3v) is 6.62. The fourth-order valence-electron chi connectivity index (χ4n) is 4.94. The summed E-state index contributed by atoms with van der Waals surface area (Å²) in [5, 5.41) is 2.86. The first kappa shape index (κ1) is 23.2. The van der Waals surface area contributed by atoms with Gasteiger partial charge in [0.05, 0.1) is 6.54 Å². The number of nitrogens with one attached hydrogen (secondary N) is 1. The molecule has 0 atom stereocenters. The molecule has 1 aliphatic heterocycles. The van der Waals surface area contributed by atoms with Gasteiger partial charge in [-0.3, -0.25) is 14.5 Å². The van der Waals surface area contributed by atoms with Gasteiger partial charge >= 0.3 is 6.03 Å². The van der Waals surface area contributed by atoms with Crippen LogP contribution in [0.3, 0.4) is 0 Å². The van der Waals surface area contributed by atoms with E-state index in [4.69, 9.17) is 0 Å². The summed E-state index contributed by atoms with van der Waals surface area (Å²) < 4.78 is 15.6. The molecule has 0 unspecified atom stereocenters. The molecule has 0 radical (unpaired) electrons. The summed E-state index contributed by atoms with van der Waals surface area (Å²) in [6, 6.07) is 25.1. The maximum Gasteiger partial charge on any atom is 0.325 e. The number of amides is 3. The minimum absolute atomic E-state index is 0.370. The molecule has 0 bridgehead atoms. The summed E-state index contributed by atoms with van der Waals surface area (Å²) in [6.07, 6.45) is 0. The lowest BCUT2D eigenvalue weighted by atomic mass is 9.82. The van der Waals surface area contributed by atoms with Gasteiger partial charge in [-0.05, 0) is 49.2 Å². The van der Waals surface area contributed by atoms with Crippen LogP contribution in [-0.2, 0) is 10.3 Å². The number of rotatable bonds is 6. The van der Waals surface area contributed by atoms with Crippen molar-refractivity contribution in [1.82, 2.24) is 14.8 Å². The molecule has 2 heterocycles. The van der Waals surface area contributed by atoms with E-state index in [0.29, 0.717) is 28.1 Å². The van der Waals surface area contributed by atoms with Crippen LogP contribution in [0.4, 0.5) is 9.18 Å². The number of halogens is 1. The lowest BCUT2D eigenvalue weighted by Gasteiger charge is -2.28. The first-order chi connectivity index (χ1) is 17.3. The fourth-order valence-corrected chi connectivity index (χ4v) is 4.94. The van der Waals surface area contributed by atoms with Crippen LogP contribution < -0.4 is 5.32 Å². The van der Waals surface area contributed by atoms with E-state index < -0.39 is 24.0 Å². The van der Waals surface area contributed by atoms with Gasteiger partial charge in [-0.2, -0.15) is 0 Å². The molecule has 1 saturated heterocycles. The topological polar surface area (TPSA) is 71.4 Å². The van der Waals surface area contributed by atoms with Crippen molar-refractivity contribution < 1.29 is 18.8 Å². The molecule has 0 saturated carbocycles. The molecule has 7 heteroatoms. The average molecular weight is 482 g/mol. The van der Waals surface area contributed by atoms with Crippen LogP contribution in [0.5, 0.6) is 0 Å². The number of benzene rings is 3. The Kier molecular flexibility index (Phi) is 5.76. The van der Waals surface area contributed by atoms with Gasteiger partial charge in [-0.15, -0.1) is 0 Å². The van der Waals surface area contributed by atoms with Gasteiger partial charge < -0.3 is 9.88 Å². The van der Waals surface area contributed by atoms with E-state index in [9.17, 15) is 18.8 Å². The van der Waals surface area contributed by atoms with Gasteiger partial charge in [0, 0.05) is 22.6 Å². The van der Waals surface area contributed by atoms with Gasteiger partial charge in [0.15, 0.2) is 11.3 Å². The molecule has 3 aromatic carbocycles. The summed E-state index contributed by atoms with van der Waals surface area (Å²) >= 11 is 0. The maximum absolute atomic E-state index is 13.9. The molecule has 180 valence electrons. The van der Waals surface area contributed by atoms with Crippen molar-refractivity contribution in [2.24, 2.45) is 0 Å². The zero-order chi connectivity index (χ0) is 25.4. The molecule has 1 aliphatic rings. The molecule has 3 amide bonds. The van der Waals surface area contributed by atoms with Gasteiger partial charge in [-0.1, -0.05) is 66.7 Å². The SMILES string of the molecule is Cc1cc(C(=O)CN2C(=O)NC(c3ccccc3)(c3ccccc3)C2=O)c(C)n1-c1cccc(F)c1. The number of nitrogens with zero attached hydrogens (tertiary/aromatic N) is 2. The first-order valence-electron chi connectivity index (χ1n) is 11.6. The number of ketones is 1. The largest absolute Gasteiger partial charge is 0.325 e. The standard InChI is InChI=1S/C29H24FN3O3/c1-19-16-25(20(2)33(19)24-15-9-14-23(30)17-24)26(34)18-32-27(35)29(31-28(32)36,21-10-5-3-6-11-21)22-12-7-4-8-13-22/h3-17H,18H2,1-2H3,(H,31,36). The van der Waals surface area contributed by atoms with E-state index in [1.165, 1.54) is 12.1 Å². The predicted octanol–water partition coefficient (Wildman–Crippen LogP) is 4.91. The van der Waals surface area contributed by atoms with Crippen LogP contribution in [0.15, 0.2) is 91.0 Å². The monoisotopic (exact) mass is 481 g/mol. The van der Waals surface area contributed by atoms with Gasteiger partial charge in [0.2, 0.25) is 0 Å². The third-order valence-electron chi connectivity index (χ3n) is 6.62. The van der Waals surface area contributed by atoms with Crippen molar-refractivity contribution >= 4 is 17.7 Å². The Hall–Kier alpha value is -4.52. The van der Waals surface area contributed by atoms with Crippen LogP contribution in [0.25, 0.3) is 5.69 Å². The quantitative estimate of drug-likeness (QED) is 0.314.